The van der Waals surface area contributed by atoms with E-state index in [1.807, 2.05) is 19.0 Å². The number of guanidine groups is 1. The maximum absolute atomic E-state index is 5.55. The minimum absolute atomic E-state index is 0. The number of ether oxygens (including phenoxy) is 1. The highest BCUT2D eigenvalue weighted by Gasteiger charge is 2.34. The standard InChI is InChI=1S/C21H38N6OS.HI/c1-4-22-19(23-14-18-15-29-20(25-18)26(2)3)24-16-21(8-6-5-7-9-21)17-27-10-12-28-13-11-27;/h15H,4-14,16-17H2,1-3H3,(H2,22,23,24);1H. The number of aromatic nitrogens is 1. The highest BCUT2D eigenvalue weighted by molar-refractivity contribution is 14.0. The van der Waals surface area contributed by atoms with Crippen molar-refractivity contribution in [2.24, 2.45) is 10.4 Å². The number of hydrogen-bond acceptors (Lipinski definition) is 6. The van der Waals surface area contributed by atoms with Gasteiger partial charge in [0.05, 0.1) is 25.5 Å². The molecular weight excluding hydrogens is 511 g/mol. The Morgan fingerprint density at radius 2 is 1.97 bits per heavy atom. The number of nitrogens with zero attached hydrogens (tertiary/aromatic N) is 4. The van der Waals surface area contributed by atoms with Gasteiger partial charge in [-0.15, -0.1) is 35.3 Å². The maximum atomic E-state index is 5.55. The van der Waals surface area contributed by atoms with Crippen LogP contribution < -0.4 is 15.5 Å². The third kappa shape index (κ3) is 7.80. The monoisotopic (exact) mass is 550 g/mol. The Bertz CT molecular complexity index is 641. The van der Waals surface area contributed by atoms with Crippen LogP contribution in [0.1, 0.15) is 44.7 Å². The second kappa shape index (κ2) is 13.0. The predicted molar refractivity (Wildman–Crippen MR) is 137 cm³/mol. The summed E-state index contributed by atoms with van der Waals surface area (Å²) in [7, 11) is 4.05. The Morgan fingerprint density at radius 1 is 1.23 bits per heavy atom. The lowest BCUT2D eigenvalue weighted by atomic mass is 9.73. The summed E-state index contributed by atoms with van der Waals surface area (Å²) >= 11 is 1.67. The fourth-order valence-corrected chi connectivity index (χ4v) is 5.02. The van der Waals surface area contributed by atoms with Gasteiger partial charge in [-0.05, 0) is 19.8 Å². The average Bonchev–Trinajstić information content (AvgIpc) is 3.21. The molecule has 0 radical (unpaired) electrons. The van der Waals surface area contributed by atoms with E-state index in [-0.39, 0.29) is 24.0 Å². The zero-order valence-corrected chi connectivity index (χ0v) is 21.9. The molecule has 2 heterocycles. The molecular formula is C21H39IN6OS. The molecule has 0 bridgehead atoms. The minimum Gasteiger partial charge on any atom is -0.379 e. The molecule has 0 amide bonds. The second-order valence-electron chi connectivity index (χ2n) is 8.51. The molecule has 7 nitrogen and oxygen atoms in total. The van der Waals surface area contributed by atoms with Gasteiger partial charge in [0, 0.05) is 57.6 Å². The molecule has 0 aromatic carbocycles. The number of anilines is 1. The van der Waals surface area contributed by atoms with Crippen LogP contribution in [0.5, 0.6) is 0 Å². The average molecular weight is 551 g/mol. The van der Waals surface area contributed by atoms with Crippen LogP contribution in [0.25, 0.3) is 0 Å². The van der Waals surface area contributed by atoms with Crippen molar-refractivity contribution in [3.8, 4) is 0 Å². The molecule has 2 aliphatic rings. The van der Waals surface area contributed by atoms with E-state index in [9.17, 15) is 0 Å². The Balaban J connectivity index is 0.00000320. The summed E-state index contributed by atoms with van der Waals surface area (Å²) in [5.74, 6) is 0.902. The number of halogens is 1. The van der Waals surface area contributed by atoms with Crippen LogP contribution in [0.15, 0.2) is 10.4 Å². The van der Waals surface area contributed by atoms with Crippen LogP contribution in [0.2, 0.25) is 0 Å². The molecule has 3 rings (SSSR count). The van der Waals surface area contributed by atoms with Gasteiger partial charge < -0.3 is 20.3 Å². The van der Waals surface area contributed by atoms with Crippen LogP contribution in [0, 0.1) is 5.41 Å². The van der Waals surface area contributed by atoms with Gasteiger partial charge in [0.25, 0.3) is 0 Å². The van der Waals surface area contributed by atoms with Crippen molar-refractivity contribution in [1.29, 1.82) is 0 Å². The molecule has 1 aliphatic carbocycles. The van der Waals surface area contributed by atoms with Gasteiger partial charge >= 0.3 is 0 Å². The van der Waals surface area contributed by atoms with E-state index in [0.717, 1.165) is 56.2 Å². The molecule has 1 saturated carbocycles. The first-order chi connectivity index (χ1) is 14.1. The Hall–Kier alpha value is -0.650. The minimum atomic E-state index is 0. The van der Waals surface area contributed by atoms with Crippen LogP contribution in [0.4, 0.5) is 5.13 Å². The Kier molecular flexibility index (Phi) is 11.1. The van der Waals surface area contributed by atoms with Crippen molar-refractivity contribution in [3.05, 3.63) is 11.1 Å². The molecule has 2 N–H and O–H groups in total. The number of morpholine rings is 1. The van der Waals surface area contributed by atoms with Crippen LogP contribution in [-0.2, 0) is 11.3 Å². The molecule has 0 unspecified atom stereocenters. The van der Waals surface area contributed by atoms with Crippen LogP contribution in [-0.4, -0.2) is 75.9 Å². The maximum Gasteiger partial charge on any atom is 0.191 e. The zero-order valence-electron chi connectivity index (χ0n) is 18.8. The molecule has 0 spiro atoms. The van der Waals surface area contributed by atoms with E-state index in [2.05, 4.69) is 32.8 Å². The first-order valence-electron chi connectivity index (χ1n) is 11.0. The first kappa shape index (κ1) is 25.6. The number of thiazole rings is 1. The van der Waals surface area contributed by atoms with Gasteiger partial charge in [0.15, 0.2) is 11.1 Å². The van der Waals surface area contributed by atoms with Crippen molar-refractivity contribution in [2.45, 2.75) is 45.6 Å². The Labute approximate surface area is 203 Å². The molecule has 1 aromatic rings. The molecule has 1 aliphatic heterocycles. The van der Waals surface area contributed by atoms with Gasteiger partial charge in [0.2, 0.25) is 0 Å². The van der Waals surface area contributed by atoms with E-state index in [0.29, 0.717) is 12.0 Å². The first-order valence-corrected chi connectivity index (χ1v) is 11.9. The lowest BCUT2D eigenvalue weighted by molar-refractivity contribution is 0.00820. The molecule has 172 valence electrons. The van der Waals surface area contributed by atoms with Crippen molar-refractivity contribution < 1.29 is 4.74 Å². The number of nitrogens with one attached hydrogen (secondary N) is 2. The smallest absolute Gasteiger partial charge is 0.191 e. The molecule has 2 fully saturated rings. The molecule has 1 saturated heterocycles. The SMILES string of the molecule is CCNC(=NCc1csc(N(C)C)n1)NCC1(CN2CCOCC2)CCCCC1.I. The summed E-state index contributed by atoms with van der Waals surface area (Å²) in [4.78, 5) is 14.1. The summed E-state index contributed by atoms with van der Waals surface area (Å²) < 4.78 is 5.55. The highest BCUT2D eigenvalue weighted by atomic mass is 127. The summed E-state index contributed by atoms with van der Waals surface area (Å²) in [5.41, 5.74) is 1.36. The van der Waals surface area contributed by atoms with E-state index in [4.69, 9.17) is 9.73 Å². The van der Waals surface area contributed by atoms with Crippen molar-refractivity contribution in [1.82, 2.24) is 20.5 Å². The molecule has 1 aromatic heterocycles. The second-order valence-corrected chi connectivity index (χ2v) is 9.35. The Morgan fingerprint density at radius 3 is 2.60 bits per heavy atom. The zero-order chi connectivity index (χ0) is 20.5. The molecule has 30 heavy (non-hydrogen) atoms. The van der Waals surface area contributed by atoms with Gasteiger partial charge in [-0.25, -0.2) is 9.98 Å². The van der Waals surface area contributed by atoms with Gasteiger partial charge in [0.1, 0.15) is 0 Å². The molecule has 9 heteroatoms. The van der Waals surface area contributed by atoms with E-state index in [1.54, 1.807) is 11.3 Å². The third-order valence-electron chi connectivity index (χ3n) is 5.87. The lowest BCUT2D eigenvalue weighted by Gasteiger charge is -2.42. The summed E-state index contributed by atoms with van der Waals surface area (Å²) in [6, 6.07) is 0. The summed E-state index contributed by atoms with van der Waals surface area (Å²) in [5, 5.41) is 10.2. The fourth-order valence-electron chi connectivity index (χ4n) is 4.27. The van der Waals surface area contributed by atoms with E-state index >= 15 is 0 Å². The van der Waals surface area contributed by atoms with Crippen LogP contribution >= 0.6 is 35.3 Å². The van der Waals surface area contributed by atoms with Crippen molar-refractivity contribution >= 4 is 46.4 Å². The summed E-state index contributed by atoms with van der Waals surface area (Å²) in [6.45, 7) is 9.61. The lowest BCUT2D eigenvalue weighted by Crippen LogP contribution is -2.51. The van der Waals surface area contributed by atoms with Gasteiger partial charge in [-0.2, -0.15) is 0 Å². The normalized spacial score (nSPS) is 19.8. The number of rotatable bonds is 8. The fraction of sp³-hybridized carbons (Fsp3) is 0.810. The van der Waals surface area contributed by atoms with Crippen molar-refractivity contribution in [2.75, 3.05) is 64.9 Å². The van der Waals surface area contributed by atoms with Gasteiger partial charge in [-0.1, -0.05) is 19.3 Å². The largest absolute Gasteiger partial charge is 0.379 e. The number of hydrogen-bond donors (Lipinski definition) is 2. The topological polar surface area (TPSA) is 65.0 Å². The van der Waals surface area contributed by atoms with E-state index in [1.165, 1.54) is 38.6 Å². The number of aliphatic imine (C=N–C) groups is 1. The van der Waals surface area contributed by atoms with E-state index < -0.39 is 0 Å². The summed E-state index contributed by atoms with van der Waals surface area (Å²) in [6.07, 6.45) is 6.65. The predicted octanol–water partition coefficient (Wildman–Crippen LogP) is 3.16. The van der Waals surface area contributed by atoms with Crippen molar-refractivity contribution in [3.63, 3.8) is 0 Å². The molecule has 0 atom stereocenters. The highest BCUT2D eigenvalue weighted by Crippen LogP contribution is 2.36. The van der Waals surface area contributed by atoms with Crippen LogP contribution in [0.3, 0.4) is 0 Å². The van der Waals surface area contributed by atoms with Gasteiger partial charge in [-0.3, -0.25) is 4.90 Å². The quantitative estimate of drug-likeness (QED) is 0.295. The third-order valence-corrected chi connectivity index (χ3v) is 6.93.